The van der Waals surface area contributed by atoms with Gasteiger partial charge in [-0.05, 0) is 42.2 Å². The normalized spacial score (nSPS) is 12.7. The van der Waals surface area contributed by atoms with Crippen LogP contribution in [0.1, 0.15) is 21.6 Å². The minimum absolute atomic E-state index is 0.194. The van der Waals surface area contributed by atoms with Gasteiger partial charge in [0.15, 0.2) is 0 Å². The van der Waals surface area contributed by atoms with E-state index in [4.69, 9.17) is 11.6 Å². The molecule has 0 aliphatic carbocycles. The molecule has 0 atom stereocenters. The standard InChI is InChI=1S/C21H19ClN4O/c22-17-7-5-15(6-8-17)9-11-23-21(27)18-13-20(25-14-24-18)26-12-10-16-3-1-2-4-19(16)26/h1-8,13-14H,9-12H2,(H,23,27). The van der Waals surface area contributed by atoms with Gasteiger partial charge in [0.1, 0.15) is 17.8 Å². The lowest BCUT2D eigenvalue weighted by molar-refractivity contribution is 0.0949. The summed E-state index contributed by atoms with van der Waals surface area (Å²) in [6.07, 6.45) is 3.16. The Morgan fingerprint density at radius 1 is 1.11 bits per heavy atom. The lowest BCUT2D eigenvalue weighted by Gasteiger charge is -2.18. The molecule has 27 heavy (non-hydrogen) atoms. The largest absolute Gasteiger partial charge is 0.350 e. The molecule has 0 fully saturated rings. The SMILES string of the molecule is O=C(NCCc1ccc(Cl)cc1)c1cc(N2CCc3ccccc32)ncn1. The van der Waals surface area contributed by atoms with E-state index in [0.717, 1.165) is 36.5 Å². The maximum Gasteiger partial charge on any atom is 0.270 e. The Hall–Kier alpha value is -2.92. The second-order valence-electron chi connectivity index (χ2n) is 6.42. The van der Waals surface area contributed by atoms with Crippen molar-refractivity contribution in [3.8, 4) is 0 Å². The molecule has 0 saturated heterocycles. The third-order valence-corrected chi connectivity index (χ3v) is 4.91. The summed E-state index contributed by atoms with van der Waals surface area (Å²) in [6, 6.07) is 17.6. The third kappa shape index (κ3) is 3.93. The molecule has 0 radical (unpaired) electrons. The molecule has 136 valence electrons. The molecule has 6 heteroatoms. The molecular weight excluding hydrogens is 360 g/mol. The highest BCUT2D eigenvalue weighted by molar-refractivity contribution is 6.30. The number of carbonyl (C=O) groups is 1. The molecule has 5 nitrogen and oxygen atoms in total. The van der Waals surface area contributed by atoms with Crippen molar-refractivity contribution in [2.24, 2.45) is 0 Å². The van der Waals surface area contributed by atoms with Crippen LogP contribution in [-0.2, 0) is 12.8 Å². The molecule has 1 aromatic heterocycles. The van der Waals surface area contributed by atoms with Crippen molar-refractivity contribution >= 4 is 29.0 Å². The van der Waals surface area contributed by atoms with Crippen LogP contribution in [-0.4, -0.2) is 29.0 Å². The first-order valence-electron chi connectivity index (χ1n) is 8.91. The first-order valence-corrected chi connectivity index (χ1v) is 9.28. The number of nitrogens with zero attached hydrogens (tertiary/aromatic N) is 3. The lowest BCUT2D eigenvalue weighted by Crippen LogP contribution is -2.27. The number of nitrogens with one attached hydrogen (secondary N) is 1. The van der Waals surface area contributed by atoms with E-state index in [1.807, 2.05) is 36.4 Å². The second kappa shape index (κ2) is 7.76. The Kier molecular flexibility index (Phi) is 5.03. The summed E-state index contributed by atoms with van der Waals surface area (Å²) in [4.78, 5) is 23.1. The van der Waals surface area contributed by atoms with E-state index < -0.39 is 0 Å². The number of benzene rings is 2. The van der Waals surface area contributed by atoms with Crippen molar-refractivity contribution in [1.29, 1.82) is 0 Å². The smallest absolute Gasteiger partial charge is 0.270 e. The van der Waals surface area contributed by atoms with Crippen molar-refractivity contribution in [3.05, 3.63) is 82.8 Å². The van der Waals surface area contributed by atoms with Gasteiger partial charge < -0.3 is 10.2 Å². The number of amides is 1. The average molecular weight is 379 g/mol. The number of hydrogen-bond acceptors (Lipinski definition) is 4. The van der Waals surface area contributed by atoms with Gasteiger partial charge in [-0.25, -0.2) is 9.97 Å². The van der Waals surface area contributed by atoms with E-state index in [2.05, 4.69) is 32.3 Å². The Labute approximate surface area is 163 Å². The minimum Gasteiger partial charge on any atom is -0.350 e. The van der Waals surface area contributed by atoms with Crippen molar-refractivity contribution in [2.45, 2.75) is 12.8 Å². The Morgan fingerprint density at radius 2 is 1.93 bits per heavy atom. The zero-order valence-electron chi connectivity index (χ0n) is 14.7. The van der Waals surface area contributed by atoms with E-state index in [9.17, 15) is 4.79 Å². The van der Waals surface area contributed by atoms with E-state index in [-0.39, 0.29) is 5.91 Å². The van der Waals surface area contributed by atoms with Gasteiger partial charge in [-0.1, -0.05) is 41.9 Å². The van der Waals surface area contributed by atoms with Crippen molar-refractivity contribution in [1.82, 2.24) is 15.3 Å². The summed E-state index contributed by atoms with van der Waals surface area (Å²) in [5, 5.41) is 3.63. The zero-order valence-corrected chi connectivity index (χ0v) is 15.5. The molecule has 2 heterocycles. The maximum atomic E-state index is 12.5. The second-order valence-corrected chi connectivity index (χ2v) is 6.86. The summed E-state index contributed by atoms with van der Waals surface area (Å²) in [5.74, 6) is 0.554. The summed E-state index contributed by atoms with van der Waals surface area (Å²) in [5.41, 5.74) is 3.94. The van der Waals surface area contributed by atoms with Gasteiger partial charge in [-0.15, -0.1) is 0 Å². The molecule has 1 amide bonds. The number of aromatic nitrogens is 2. The molecule has 1 N–H and O–H groups in total. The number of fused-ring (bicyclic) bond motifs is 1. The average Bonchev–Trinajstić information content (AvgIpc) is 3.14. The van der Waals surface area contributed by atoms with E-state index in [1.54, 1.807) is 6.07 Å². The van der Waals surface area contributed by atoms with Gasteiger partial charge in [-0.3, -0.25) is 4.79 Å². The first kappa shape index (κ1) is 17.5. The van der Waals surface area contributed by atoms with E-state index in [1.165, 1.54) is 11.9 Å². The first-order chi connectivity index (χ1) is 13.2. The molecule has 1 aliphatic rings. The summed E-state index contributed by atoms with van der Waals surface area (Å²) >= 11 is 5.89. The predicted molar refractivity (Wildman–Crippen MR) is 107 cm³/mol. The number of hydrogen-bond donors (Lipinski definition) is 1. The van der Waals surface area contributed by atoms with Crippen LogP contribution in [0.4, 0.5) is 11.5 Å². The van der Waals surface area contributed by atoms with Crippen molar-refractivity contribution in [2.75, 3.05) is 18.0 Å². The van der Waals surface area contributed by atoms with Gasteiger partial charge in [-0.2, -0.15) is 0 Å². The minimum atomic E-state index is -0.194. The van der Waals surface area contributed by atoms with Crippen molar-refractivity contribution in [3.63, 3.8) is 0 Å². The Bertz CT molecular complexity index is 958. The highest BCUT2D eigenvalue weighted by atomic mass is 35.5. The zero-order chi connectivity index (χ0) is 18.6. The van der Waals surface area contributed by atoms with E-state index in [0.29, 0.717) is 17.3 Å². The van der Waals surface area contributed by atoms with Crippen LogP contribution in [0.5, 0.6) is 0 Å². The molecule has 2 aromatic carbocycles. The number of carbonyl (C=O) groups excluding carboxylic acids is 1. The molecule has 3 aromatic rings. The molecular formula is C21H19ClN4O. The quantitative estimate of drug-likeness (QED) is 0.733. The van der Waals surface area contributed by atoms with E-state index >= 15 is 0 Å². The van der Waals surface area contributed by atoms with Gasteiger partial charge in [0, 0.05) is 29.9 Å². The fourth-order valence-corrected chi connectivity index (χ4v) is 3.38. The van der Waals surface area contributed by atoms with Gasteiger partial charge in [0.05, 0.1) is 0 Å². The Morgan fingerprint density at radius 3 is 2.78 bits per heavy atom. The number of rotatable bonds is 5. The summed E-state index contributed by atoms with van der Waals surface area (Å²) in [6.45, 7) is 1.39. The predicted octanol–water partition coefficient (Wildman–Crippen LogP) is 3.80. The van der Waals surface area contributed by atoms with Crippen LogP contribution in [0.15, 0.2) is 60.9 Å². The van der Waals surface area contributed by atoms with Crippen LogP contribution in [0.2, 0.25) is 5.02 Å². The number of halogens is 1. The number of anilines is 2. The highest BCUT2D eigenvalue weighted by Gasteiger charge is 2.21. The van der Waals surface area contributed by atoms with Crippen LogP contribution >= 0.6 is 11.6 Å². The van der Waals surface area contributed by atoms with Crippen LogP contribution in [0.25, 0.3) is 0 Å². The van der Waals surface area contributed by atoms with Crippen LogP contribution in [0, 0.1) is 0 Å². The molecule has 0 unspecified atom stereocenters. The molecule has 4 rings (SSSR count). The monoisotopic (exact) mass is 378 g/mol. The van der Waals surface area contributed by atoms with Gasteiger partial charge >= 0.3 is 0 Å². The molecule has 1 aliphatic heterocycles. The van der Waals surface area contributed by atoms with Crippen molar-refractivity contribution < 1.29 is 4.79 Å². The highest BCUT2D eigenvalue weighted by Crippen LogP contribution is 2.32. The fourth-order valence-electron chi connectivity index (χ4n) is 3.26. The lowest BCUT2D eigenvalue weighted by atomic mass is 10.1. The van der Waals surface area contributed by atoms with Crippen LogP contribution < -0.4 is 10.2 Å². The Balaban J connectivity index is 1.41. The van der Waals surface area contributed by atoms with Gasteiger partial charge in [0.25, 0.3) is 5.91 Å². The van der Waals surface area contributed by atoms with Gasteiger partial charge in [0.2, 0.25) is 0 Å². The maximum absolute atomic E-state index is 12.5. The molecule has 0 saturated carbocycles. The fraction of sp³-hybridized carbons (Fsp3) is 0.190. The molecule has 0 bridgehead atoms. The third-order valence-electron chi connectivity index (χ3n) is 4.66. The number of para-hydroxylation sites is 1. The topological polar surface area (TPSA) is 58.1 Å². The summed E-state index contributed by atoms with van der Waals surface area (Å²) < 4.78 is 0. The summed E-state index contributed by atoms with van der Waals surface area (Å²) in [7, 11) is 0. The molecule has 0 spiro atoms. The van der Waals surface area contributed by atoms with Crippen LogP contribution in [0.3, 0.4) is 0 Å².